The molecule has 1 aromatic heterocycles. The Labute approximate surface area is 132 Å². The molecule has 0 fully saturated rings. The highest BCUT2D eigenvalue weighted by Gasteiger charge is 2.11. The molecule has 0 amide bonds. The smallest absolute Gasteiger partial charge is 0.340 e. The minimum atomic E-state index is -0.701. The fourth-order valence-corrected chi connectivity index (χ4v) is 1.86. The van der Waals surface area contributed by atoms with Gasteiger partial charge in [-0.1, -0.05) is 5.11 Å². The maximum Gasteiger partial charge on any atom is 0.340 e. The summed E-state index contributed by atoms with van der Waals surface area (Å²) in [6.07, 6.45) is 1.34. The molecular weight excluding hydrogens is 298 g/mol. The molecule has 0 aliphatic carbocycles. The molecule has 2 rings (SSSR count). The van der Waals surface area contributed by atoms with Crippen LogP contribution in [0, 0.1) is 0 Å². The zero-order chi connectivity index (χ0) is 16.7. The van der Waals surface area contributed by atoms with Gasteiger partial charge in [0.1, 0.15) is 23.0 Å². The second-order valence-electron chi connectivity index (χ2n) is 4.37. The minimum absolute atomic E-state index is 0.162. The van der Waals surface area contributed by atoms with E-state index in [1.54, 1.807) is 26.2 Å². The van der Waals surface area contributed by atoms with E-state index >= 15 is 0 Å². The predicted octanol–water partition coefficient (Wildman–Crippen LogP) is 4.17. The Morgan fingerprint density at radius 1 is 1.30 bits per heavy atom. The summed E-state index contributed by atoms with van der Waals surface area (Å²) in [6.45, 7) is 1.85. The van der Waals surface area contributed by atoms with Crippen LogP contribution in [-0.2, 0) is 9.53 Å². The summed E-state index contributed by atoms with van der Waals surface area (Å²) >= 11 is 0. The van der Waals surface area contributed by atoms with E-state index in [9.17, 15) is 4.79 Å². The third-order valence-electron chi connectivity index (χ3n) is 2.92. The van der Waals surface area contributed by atoms with Crippen LogP contribution in [0.25, 0.3) is 27.8 Å². The van der Waals surface area contributed by atoms with Crippen molar-refractivity contribution in [1.82, 2.24) is 0 Å². The number of furan rings is 1. The third-order valence-corrected chi connectivity index (χ3v) is 2.92. The average molecular weight is 313 g/mol. The lowest BCUT2D eigenvalue weighted by atomic mass is 10.2. The molecule has 0 radical (unpaired) electrons. The Balaban J connectivity index is 2.27. The lowest BCUT2D eigenvalue weighted by Crippen LogP contribution is -2.05. The van der Waals surface area contributed by atoms with Crippen LogP contribution in [0.5, 0.6) is 5.75 Å². The summed E-state index contributed by atoms with van der Waals surface area (Å²) in [4.78, 5) is 14.3. The van der Waals surface area contributed by atoms with Crippen molar-refractivity contribution in [2.24, 2.45) is 5.11 Å². The summed E-state index contributed by atoms with van der Waals surface area (Å²) < 4.78 is 15.6. The summed E-state index contributed by atoms with van der Waals surface area (Å²) in [5.74, 6) is 1.04. The zero-order valence-corrected chi connectivity index (χ0v) is 12.7. The second kappa shape index (κ2) is 7.72. The molecule has 0 spiro atoms. The van der Waals surface area contributed by atoms with Crippen molar-refractivity contribution in [3.63, 3.8) is 0 Å². The van der Waals surface area contributed by atoms with Gasteiger partial charge in [-0.15, -0.1) is 0 Å². The number of carbonyl (C=O) groups is 1. The number of hydrogen-bond acceptors (Lipinski definition) is 5. The number of rotatable bonds is 6. The van der Waals surface area contributed by atoms with Crippen LogP contribution in [-0.4, -0.2) is 19.7 Å². The van der Waals surface area contributed by atoms with Crippen molar-refractivity contribution in [2.75, 3.05) is 13.7 Å². The first kappa shape index (κ1) is 16.2. The molecule has 0 aliphatic rings. The molecule has 1 heterocycles. The average Bonchev–Trinajstić information content (AvgIpc) is 3.03. The summed E-state index contributed by atoms with van der Waals surface area (Å²) in [6, 6.07) is 10.8. The van der Waals surface area contributed by atoms with Crippen LogP contribution in [0.3, 0.4) is 0 Å². The number of ether oxygens (including phenoxy) is 2. The highest BCUT2D eigenvalue weighted by atomic mass is 16.5. The van der Waals surface area contributed by atoms with E-state index < -0.39 is 5.97 Å². The van der Waals surface area contributed by atoms with Gasteiger partial charge in [0.05, 0.1) is 13.7 Å². The monoisotopic (exact) mass is 313 g/mol. The molecule has 7 nitrogen and oxygen atoms in total. The van der Waals surface area contributed by atoms with Gasteiger partial charge in [0.25, 0.3) is 0 Å². The highest BCUT2D eigenvalue weighted by molar-refractivity contribution is 5.92. The van der Waals surface area contributed by atoms with Crippen LogP contribution in [0.15, 0.2) is 51.6 Å². The zero-order valence-electron chi connectivity index (χ0n) is 12.7. The molecule has 0 aliphatic heterocycles. The normalized spacial score (nSPS) is 10.8. The van der Waals surface area contributed by atoms with Crippen molar-refractivity contribution in [2.45, 2.75) is 6.92 Å². The number of benzene rings is 1. The standard InChI is InChI=1S/C16H15N3O4/c1-3-22-16(20)14(18-19-17)10-13-8-9-15(23-13)11-4-6-12(21-2)7-5-11/h4-10H,3H2,1-2H3/b14-10-. The molecule has 1 aromatic carbocycles. The number of hydrogen-bond donors (Lipinski definition) is 0. The molecule has 0 bridgehead atoms. The Kier molecular flexibility index (Phi) is 5.44. The fourth-order valence-electron chi connectivity index (χ4n) is 1.86. The number of carbonyl (C=O) groups excluding carboxylic acids is 1. The van der Waals surface area contributed by atoms with Gasteiger partial charge >= 0.3 is 5.97 Å². The first-order chi connectivity index (χ1) is 11.2. The molecular formula is C16H15N3O4. The summed E-state index contributed by atoms with van der Waals surface area (Å²) in [5.41, 5.74) is 9.22. The van der Waals surface area contributed by atoms with Gasteiger partial charge < -0.3 is 13.9 Å². The lowest BCUT2D eigenvalue weighted by molar-refractivity contribution is -0.138. The van der Waals surface area contributed by atoms with Crippen molar-refractivity contribution in [3.05, 3.63) is 58.3 Å². The Morgan fingerprint density at radius 3 is 2.65 bits per heavy atom. The molecule has 0 unspecified atom stereocenters. The highest BCUT2D eigenvalue weighted by Crippen LogP contribution is 2.25. The van der Waals surface area contributed by atoms with Crippen molar-refractivity contribution in [3.8, 4) is 17.1 Å². The molecule has 7 heteroatoms. The Morgan fingerprint density at radius 2 is 2.04 bits per heavy atom. The topological polar surface area (TPSA) is 97.4 Å². The molecule has 23 heavy (non-hydrogen) atoms. The number of methoxy groups -OCH3 is 1. The fraction of sp³-hybridized carbons (Fsp3) is 0.188. The van der Waals surface area contributed by atoms with E-state index in [2.05, 4.69) is 10.0 Å². The first-order valence-electron chi connectivity index (χ1n) is 6.86. The van der Waals surface area contributed by atoms with E-state index in [4.69, 9.17) is 19.4 Å². The van der Waals surface area contributed by atoms with Crippen molar-refractivity contribution >= 4 is 12.0 Å². The van der Waals surface area contributed by atoms with Gasteiger partial charge in [-0.05, 0) is 54.9 Å². The Bertz CT molecular complexity index is 756. The van der Waals surface area contributed by atoms with Gasteiger partial charge in [-0.3, -0.25) is 0 Å². The van der Waals surface area contributed by atoms with E-state index in [-0.39, 0.29) is 12.3 Å². The van der Waals surface area contributed by atoms with Crippen LogP contribution in [0.4, 0.5) is 0 Å². The molecule has 0 saturated carbocycles. The summed E-state index contributed by atoms with van der Waals surface area (Å²) in [7, 11) is 1.59. The van der Waals surface area contributed by atoms with Crippen molar-refractivity contribution in [1.29, 1.82) is 0 Å². The quantitative estimate of drug-likeness (QED) is 0.263. The molecule has 118 valence electrons. The van der Waals surface area contributed by atoms with Crippen LogP contribution < -0.4 is 4.74 Å². The van der Waals surface area contributed by atoms with E-state index in [0.29, 0.717) is 11.5 Å². The number of esters is 1. The van der Waals surface area contributed by atoms with E-state index in [1.165, 1.54) is 6.08 Å². The van der Waals surface area contributed by atoms with Gasteiger partial charge in [-0.25, -0.2) is 4.79 Å². The Hall–Kier alpha value is -3.18. The number of azide groups is 1. The minimum Gasteiger partial charge on any atom is -0.497 e. The first-order valence-corrected chi connectivity index (χ1v) is 6.86. The van der Waals surface area contributed by atoms with Gasteiger partial charge in [0.2, 0.25) is 0 Å². The van der Waals surface area contributed by atoms with Gasteiger partial charge in [0.15, 0.2) is 0 Å². The third kappa shape index (κ3) is 4.15. The van der Waals surface area contributed by atoms with E-state index in [0.717, 1.165) is 11.3 Å². The second-order valence-corrected chi connectivity index (χ2v) is 4.37. The molecule has 0 saturated heterocycles. The van der Waals surface area contributed by atoms with Crippen LogP contribution in [0.2, 0.25) is 0 Å². The molecule has 0 N–H and O–H groups in total. The van der Waals surface area contributed by atoms with Crippen LogP contribution in [0.1, 0.15) is 12.7 Å². The predicted molar refractivity (Wildman–Crippen MR) is 84.5 cm³/mol. The van der Waals surface area contributed by atoms with Gasteiger partial charge in [-0.2, -0.15) is 0 Å². The molecule has 2 aromatic rings. The van der Waals surface area contributed by atoms with Crippen molar-refractivity contribution < 1.29 is 18.7 Å². The SMILES string of the molecule is CCOC(=O)/C(=C/c1ccc(-c2ccc(OC)cc2)o1)N=[N+]=[N-]. The number of nitrogens with zero attached hydrogens (tertiary/aromatic N) is 3. The van der Waals surface area contributed by atoms with E-state index in [1.807, 2.05) is 24.3 Å². The molecule has 0 atom stereocenters. The maximum atomic E-state index is 11.7. The maximum absolute atomic E-state index is 11.7. The van der Waals surface area contributed by atoms with Crippen LogP contribution >= 0.6 is 0 Å². The lowest BCUT2D eigenvalue weighted by Gasteiger charge is -2.01. The largest absolute Gasteiger partial charge is 0.497 e. The van der Waals surface area contributed by atoms with Gasteiger partial charge in [0, 0.05) is 10.5 Å². The summed E-state index contributed by atoms with van der Waals surface area (Å²) in [5, 5.41) is 3.33.